The Morgan fingerprint density at radius 2 is 1.25 bits per heavy atom. The van der Waals surface area contributed by atoms with Crippen molar-refractivity contribution in [1.29, 1.82) is 0 Å². The van der Waals surface area contributed by atoms with E-state index < -0.39 is 5.97 Å². The summed E-state index contributed by atoms with van der Waals surface area (Å²) in [5.41, 5.74) is 0. The van der Waals surface area contributed by atoms with E-state index in [-0.39, 0.29) is 42.7 Å². The second kappa shape index (κ2) is 27.3. The molecule has 0 atom stereocenters. The van der Waals surface area contributed by atoms with Gasteiger partial charge in [0.05, 0.1) is 0 Å². The molecule has 0 saturated carbocycles. The van der Waals surface area contributed by atoms with Crippen molar-refractivity contribution in [2.24, 2.45) is 0 Å². The van der Waals surface area contributed by atoms with Crippen LogP contribution in [0.4, 0.5) is 0 Å². The topological polar surface area (TPSA) is 40.1 Å². The molecule has 0 radical (unpaired) electrons. The average molecular weight is 211 g/mol. The number of carboxylic acid groups (broad SMARTS) is 1. The molecule has 0 aromatic heterocycles. The molecular weight excluding hydrogens is 198 g/mol. The van der Waals surface area contributed by atoms with Gasteiger partial charge in [-0.05, 0) is 6.92 Å². The summed E-state index contributed by atoms with van der Waals surface area (Å²) < 4.78 is 0. The minimum atomic E-state index is -1.08. The molecule has 0 aliphatic heterocycles. The third-order valence-corrected chi connectivity index (χ3v) is 0. The number of hydrogen-bond donors (Lipinski definition) is 0. The molecular formula is C5H12O2Pd-4. The van der Waals surface area contributed by atoms with Crippen molar-refractivity contribution in [1.82, 2.24) is 0 Å². The largest absolute Gasteiger partial charge is 0.550 e. The van der Waals surface area contributed by atoms with Gasteiger partial charge in [-0.3, -0.25) is 0 Å². The number of rotatable bonds is 0. The fraction of sp³-hybridized carbons (Fsp3) is 0.200. The molecule has 0 bridgehead atoms. The van der Waals surface area contributed by atoms with Gasteiger partial charge in [0, 0.05) is 26.4 Å². The first-order valence-corrected chi connectivity index (χ1v) is 0.908. The SMILES string of the molecule is CC(=O)[O-].[CH3-].[CH3-].[CH3-].[Pd]. The molecule has 0 fully saturated rings. The number of aliphatic carboxylic acids is 1. The predicted octanol–water partition coefficient (Wildman–Crippen LogP) is 0.105. The van der Waals surface area contributed by atoms with Crippen LogP contribution in [0.3, 0.4) is 0 Å². The molecule has 0 amide bonds. The maximum absolute atomic E-state index is 8.89. The standard InChI is InChI=1S/C2H4O2.3CH3.Pd/c1-2(3)4;;;;/h1H3,(H,3,4);3*1H3;/q;3*-1;/p-1. The van der Waals surface area contributed by atoms with Gasteiger partial charge < -0.3 is 32.2 Å². The van der Waals surface area contributed by atoms with E-state index >= 15 is 0 Å². The maximum atomic E-state index is 8.89. The molecule has 0 rings (SSSR count). The summed E-state index contributed by atoms with van der Waals surface area (Å²) in [4.78, 5) is 8.89. The summed E-state index contributed by atoms with van der Waals surface area (Å²) >= 11 is 0. The second-order valence-corrected chi connectivity index (χ2v) is 0.492. The summed E-state index contributed by atoms with van der Waals surface area (Å²) in [6, 6.07) is 0. The first-order chi connectivity index (χ1) is 1.73. The second-order valence-electron chi connectivity index (χ2n) is 0.492. The van der Waals surface area contributed by atoms with Gasteiger partial charge in [-0.25, -0.2) is 0 Å². The first-order valence-electron chi connectivity index (χ1n) is 0.908. The molecule has 0 aliphatic rings. The van der Waals surface area contributed by atoms with E-state index in [4.69, 9.17) is 9.90 Å². The fourth-order valence-electron chi connectivity index (χ4n) is 0. The minimum absolute atomic E-state index is 0. The Hall–Kier alpha value is 0.132. The van der Waals surface area contributed by atoms with Gasteiger partial charge in [0.15, 0.2) is 0 Å². The average Bonchev–Trinajstić information content (AvgIpc) is 0.811. The van der Waals surface area contributed by atoms with Crippen LogP contribution in [0.1, 0.15) is 6.92 Å². The molecule has 0 heterocycles. The number of carboxylic acids is 1. The van der Waals surface area contributed by atoms with E-state index in [0.29, 0.717) is 0 Å². The monoisotopic (exact) mass is 210 g/mol. The molecule has 0 saturated heterocycles. The Morgan fingerprint density at radius 1 is 1.25 bits per heavy atom. The van der Waals surface area contributed by atoms with E-state index in [0.717, 1.165) is 6.92 Å². The molecule has 0 aromatic rings. The number of carbonyl (C=O) groups is 1. The van der Waals surface area contributed by atoms with Crippen LogP contribution in [0, 0.1) is 22.3 Å². The Labute approximate surface area is 66.0 Å². The third kappa shape index (κ3) is 9220. The minimum Gasteiger partial charge on any atom is -0.550 e. The van der Waals surface area contributed by atoms with Crippen LogP contribution >= 0.6 is 0 Å². The van der Waals surface area contributed by atoms with Crippen molar-refractivity contribution < 1.29 is 30.3 Å². The Bertz CT molecular complexity index is 33.4. The quantitative estimate of drug-likeness (QED) is 0.420. The van der Waals surface area contributed by atoms with Crippen LogP contribution in [-0.2, 0) is 25.2 Å². The zero-order valence-corrected chi connectivity index (χ0v) is 7.19. The van der Waals surface area contributed by atoms with Crippen LogP contribution in [0.25, 0.3) is 0 Å². The predicted molar refractivity (Wildman–Crippen MR) is 29.9 cm³/mol. The molecule has 8 heavy (non-hydrogen) atoms. The van der Waals surface area contributed by atoms with Crippen molar-refractivity contribution in [3.05, 3.63) is 22.3 Å². The summed E-state index contributed by atoms with van der Waals surface area (Å²) in [5, 5.41) is 8.89. The molecule has 0 aliphatic carbocycles. The van der Waals surface area contributed by atoms with Gasteiger partial charge in [0.25, 0.3) is 0 Å². The molecule has 2 nitrogen and oxygen atoms in total. The summed E-state index contributed by atoms with van der Waals surface area (Å²) in [5.74, 6) is -1.08. The Balaban J connectivity index is -0.00000000750. The molecule has 0 aromatic carbocycles. The fourth-order valence-corrected chi connectivity index (χ4v) is 0. The Morgan fingerprint density at radius 3 is 1.25 bits per heavy atom. The molecule has 0 N–H and O–H groups in total. The van der Waals surface area contributed by atoms with Gasteiger partial charge in [-0.2, -0.15) is 0 Å². The van der Waals surface area contributed by atoms with Crippen molar-refractivity contribution in [2.45, 2.75) is 6.92 Å². The Kier molecular flexibility index (Phi) is 144. The van der Waals surface area contributed by atoms with Gasteiger partial charge in [0.1, 0.15) is 0 Å². The molecule has 0 unspecified atom stereocenters. The van der Waals surface area contributed by atoms with E-state index in [2.05, 4.69) is 0 Å². The van der Waals surface area contributed by atoms with Crippen molar-refractivity contribution in [3.8, 4) is 0 Å². The summed E-state index contributed by atoms with van der Waals surface area (Å²) in [6.07, 6.45) is 0. The summed E-state index contributed by atoms with van der Waals surface area (Å²) in [7, 11) is 0. The van der Waals surface area contributed by atoms with Crippen molar-refractivity contribution in [2.75, 3.05) is 0 Å². The van der Waals surface area contributed by atoms with Gasteiger partial charge >= 0.3 is 0 Å². The molecule has 0 spiro atoms. The van der Waals surface area contributed by atoms with Crippen LogP contribution < -0.4 is 5.11 Å². The normalized spacial score (nSPS) is 3.12. The van der Waals surface area contributed by atoms with Crippen LogP contribution in [0.5, 0.6) is 0 Å². The van der Waals surface area contributed by atoms with E-state index in [1.807, 2.05) is 0 Å². The molecule has 3 heteroatoms. The smallest absolute Gasteiger partial charge is 0.0383 e. The van der Waals surface area contributed by atoms with Crippen molar-refractivity contribution >= 4 is 5.97 Å². The van der Waals surface area contributed by atoms with Crippen LogP contribution in [0.2, 0.25) is 0 Å². The zero-order valence-electron chi connectivity index (χ0n) is 5.63. The summed E-state index contributed by atoms with van der Waals surface area (Å²) in [6.45, 7) is 0.972. The maximum Gasteiger partial charge on any atom is 0.0383 e. The van der Waals surface area contributed by atoms with Gasteiger partial charge in [-0.15, -0.1) is 0 Å². The van der Waals surface area contributed by atoms with Crippen molar-refractivity contribution in [3.63, 3.8) is 0 Å². The number of carbonyl (C=O) groups excluding carboxylic acids is 1. The first kappa shape index (κ1) is 42.2. The van der Waals surface area contributed by atoms with E-state index in [1.54, 1.807) is 0 Å². The van der Waals surface area contributed by atoms with Gasteiger partial charge in [0.2, 0.25) is 0 Å². The van der Waals surface area contributed by atoms with Crippen LogP contribution in [-0.4, -0.2) is 5.97 Å². The van der Waals surface area contributed by atoms with Crippen LogP contribution in [0.15, 0.2) is 0 Å². The zero-order chi connectivity index (χ0) is 3.58. The van der Waals surface area contributed by atoms with E-state index in [1.165, 1.54) is 0 Å². The number of hydrogen-bond acceptors (Lipinski definition) is 2. The molecule has 58 valence electrons. The third-order valence-electron chi connectivity index (χ3n) is 0. The van der Waals surface area contributed by atoms with Gasteiger partial charge in [-0.1, -0.05) is 0 Å². The van der Waals surface area contributed by atoms with E-state index in [9.17, 15) is 0 Å².